The van der Waals surface area contributed by atoms with Gasteiger partial charge in [0.1, 0.15) is 0 Å². The fraction of sp³-hybridized carbons (Fsp3) is 0.727. The lowest BCUT2D eigenvalue weighted by molar-refractivity contribution is 0.0984. The summed E-state index contributed by atoms with van der Waals surface area (Å²) in [5.41, 5.74) is 5.27. The molecule has 0 saturated heterocycles. The minimum Gasteiger partial charge on any atom is -0.363 e. The van der Waals surface area contributed by atoms with Crippen LogP contribution in [0.4, 0.5) is 0 Å². The first-order valence-corrected chi connectivity index (χ1v) is 5.63. The van der Waals surface area contributed by atoms with Crippen LogP contribution in [0.15, 0.2) is 0 Å². The molecule has 5 heteroatoms. The predicted molar refractivity (Wildman–Crippen MR) is 61.9 cm³/mol. The summed E-state index contributed by atoms with van der Waals surface area (Å²) >= 11 is 0. The number of nitrogens with two attached hydrogens (primary N) is 1. The quantitative estimate of drug-likeness (QED) is 0.817. The number of rotatable bonds is 5. The molecule has 5 nitrogen and oxygen atoms in total. The molecule has 0 aliphatic heterocycles. The monoisotopic (exact) mass is 224 g/mol. The number of hydrogen-bond acceptors (Lipinski definition) is 3. The molecule has 1 aromatic heterocycles. The largest absolute Gasteiger partial charge is 0.363 e. The maximum atomic E-state index is 11.2. The molecule has 0 radical (unpaired) electrons. The van der Waals surface area contributed by atoms with Gasteiger partial charge in [0.25, 0.3) is 5.91 Å². The zero-order valence-corrected chi connectivity index (χ0v) is 10.4. The third-order valence-corrected chi connectivity index (χ3v) is 2.06. The van der Waals surface area contributed by atoms with Crippen molar-refractivity contribution in [3.05, 3.63) is 11.6 Å². The maximum Gasteiger partial charge on any atom is 0.286 e. The lowest BCUT2D eigenvalue weighted by Gasteiger charge is -2.05. The van der Waals surface area contributed by atoms with E-state index in [1.165, 1.54) is 0 Å². The van der Waals surface area contributed by atoms with Gasteiger partial charge in [-0.05, 0) is 11.8 Å². The molecule has 16 heavy (non-hydrogen) atoms. The van der Waals surface area contributed by atoms with Crippen LogP contribution in [-0.2, 0) is 13.0 Å². The highest BCUT2D eigenvalue weighted by molar-refractivity contribution is 5.89. The molecule has 0 aliphatic rings. The SMILES string of the molecule is CC(C)Cc1nc(C(N)=O)n(CC(C)C)n1. The fourth-order valence-electron chi connectivity index (χ4n) is 1.50. The smallest absolute Gasteiger partial charge is 0.286 e. The van der Waals surface area contributed by atoms with Crippen molar-refractivity contribution in [3.63, 3.8) is 0 Å². The molecule has 0 aromatic carbocycles. The summed E-state index contributed by atoms with van der Waals surface area (Å²) in [4.78, 5) is 15.4. The van der Waals surface area contributed by atoms with E-state index in [0.717, 1.165) is 6.42 Å². The minimum atomic E-state index is -0.511. The molecule has 0 atom stereocenters. The van der Waals surface area contributed by atoms with E-state index in [2.05, 4.69) is 37.8 Å². The van der Waals surface area contributed by atoms with E-state index in [1.807, 2.05) is 0 Å². The minimum absolute atomic E-state index is 0.268. The van der Waals surface area contributed by atoms with Gasteiger partial charge in [0, 0.05) is 13.0 Å². The highest BCUT2D eigenvalue weighted by Gasteiger charge is 2.15. The zero-order valence-electron chi connectivity index (χ0n) is 10.4. The number of hydrogen-bond donors (Lipinski definition) is 1. The molecular weight excluding hydrogens is 204 g/mol. The highest BCUT2D eigenvalue weighted by atomic mass is 16.1. The number of aromatic nitrogens is 3. The van der Waals surface area contributed by atoms with Gasteiger partial charge in [0.2, 0.25) is 5.82 Å². The Morgan fingerprint density at radius 1 is 1.31 bits per heavy atom. The maximum absolute atomic E-state index is 11.2. The topological polar surface area (TPSA) is 73.8 Å². The van der Waals surface area contributed by atoms with E-state index >= 15 is 0 Å². The predicted octanol–water partition coefficient (Wildman–Crippen LogP) is 1.23. The fourth-order valence-corrected chi connectivity index (χ4v) is 1.50. The Labute approximate surface area is 96.0 Å². The molecular formula is C11H20N4O. The molecule has 1 rings (SSSR count). The summed E-state index contributed by atoms with van der Waals surface area (Å²) < 4.78 is 1.62. The van der Waals surface area contributed by atoms with Gasteiger partial charge in [-0.2, -0.15) is 5.10 Å². The average molecular weight is 224 g/mol. The second-order valence-electron chi connectivity index (χ2n) is 4.89. The molecule has 1 amide bonds. The molecule has 0 spiro atoms. The highest BCUT2D eigenvalue weighted by Crippen LogP contribution is 2.07. The van der Waals surface area contributed by atoms with E-state index in [1.54, 1.807) is 4.68 Å². The van der Waals surface area contributed by atoms with E-state index in [-0.39, 0.29) is 5.82 Å². The van der Waals surface area contributed by atoms with Crippen LogP contribution in [0.2, 0.25) is 0 Å². The summed E-state index contributed by atoms with van der Waals surface area (Å²) in [6.45, 7) is 8.98. The molecule has 0 aliphatic carbocycles. The van der Waals surface area contributed by atoms with Crippen LogP contribution < -0.4 is 5.73 Å². The van der Waals surface area contributed by atoms with Gasteiger partial charge in [-0.3, -0.25) is 4.79 Å². The summed E-state index contributed by atoms with van der Waals surface area (Å²) in [6, 6.07) is 0. The average Bonchev–Trinajstić information content (AvgIpc) is 2.45. The van der Waals surface area contributed by atoms with Crippen molar-refractivity contribution in [2.75, 3.05) is 0 Å². The van der Waals surface area contributed by atoms with Gasteiger partial charge < -0.3 is 5.73 Å². The molecule has 0 bridgehead atoms. The number of carbonyl (C=O) groups excluding carboxylic acids is 1. The normalized spacial score (nSPS) is 11.4. The first-order chi connectivity index (χ1) is 7.40. The Morgan fingerprint density at radius 2 is 1.94 bits per heavy atom. The van der Waals surface area contributed by atoms with Crippen molar-refractivity contribution in [2.45, 2.75) is 40.7 Å². The Hall–Kier alpha value is -1.39. The van der Waals surface area contributed by atoms with Gasteiger partial charge >= 0.3 is 0 Å². The van der Waals surface area contributed by atoms with Crippen LogP contribution in [-0.4, -0.2) is 20.7 Å². The van der Waals surface area contributed by atoms with E-state index in [9.17, 15) is 4.79 Å². The molecule has 1 aromatic rings. The van der Waals surface area contributed by atoms with E-state index in [0.29, 0.717) is 24.2 Å². The first-order valence-electron chi connectivity index (χ1n) is 5.63. The second kappa shape index (κ2) is 5.09. The van der Waals surface area contributed by atoms with Crippen LogP contribution in [0.3, 0.4) is 0 Å². The second-order valence-corrected chi connectivity index (χ2v) is 4.89. The molecule has 0 fully saturated rings. The van der Waals surface area contributed by atoms with E-state index < -0.39 is 5.91 Å². The number of nitrogens with zero attached hydrogens (tertiary/aromatic N) is 3. The van der Waals surface area contributed by atoms with Crippen molar-refractivity contribution < 1.29 is 4.79 Å². The van der Waals surface area contributed by atoms with Gasteiger partial charge in [-0.1, -0.05) is 27.7 Å². The summed E-state index contributed by atoms with van der Waals surface area (Å²) in [5, 5.41) is 4.32. The van der Waals surface area contributed by atoms with Crippen LogP contribution in [0.5, 0.6) is 0 Å². The van der Waals surface area contributed by atoms with Crippen molar-refractivity contribution >= 4 is 5.91 Å². The van der Waals surface area contributed by atoms with Crippen molar-refractivity contribution in [1.82, 2.24) is 14.8 Å². The zero-order chi connectivity index (χ0) is 12.3. The van der Waals surface area contributed by atoms with Crippen LogP contribution >= 0.6 is 0 Å². The van der Waals surface area contributed by atoms with Gasteiger partial charge in [-0.15, -0.1) is 0 Å². The Balaban J connectivity index is 2.95. The molecule has 2 N–H and O–H groups in total. The first kappa shape index (κ1) is 12.7. The molecule has 0 saturated carbocycles. The number of amides is 1. The lowest BCUT2D eigenvalue weighted by atomic mass is 10.1. The van der Waals surface area contributed by atoms with Gasteiger partial charge in [-0.25, -0.2) is 9.67 Å². The van der Waals surface area contributed by atoms with Crippen LogP contribution in [0.1, 0.15) is 44.1 Å². The van der Waals surface area contributed by atoms with E-state index in [4.69, 9.17) is 5.73 Å². The number of carbonyl (C=O) groups is 1. The lowest BCUT2D eigenvalue weighted by Crippen LogP contribution is -2.20. The van der Waals surface area contributed by atoms with Crippen molar-refractivity contribution in [2.24, 2.45) is 17.6 Å². The van der Waals surface area contributed by atoms with Crippen molar-refractivity contribution in [3.8, 4) is 0 Å². The third-order valence-electron chi connectivity index (χ3n) is 2.06. The standard InChI is InChI=1S/C11H20N4O/c1-7(2)5-9-13-11(10(12)16)15(14-9)6-8(3)4/h7-8H,5-6H2,1-4H3,(H2,12,16). The molecule has 0 unspecified atom stereocenters. The molecule has 90 valence electrons. The summed E-state index contributed by atoms with van der Waals surface area (Å²) in [5.74, 6) is 1.33. The van der Waals surface area contributed by atoms with Crippen LogP contribution in [0, 0.1) is 11.8 Å². The third kappa shape index (κ3) is 3.32. The Kier molecular flexibility index (Phi) is 4.04. The number of primary amides is 1. The van der Waals surface area contributed by atoms with Gasteiger partial charge in [0.15, 0.2) is 5.82 Å². The van der Waals surface area contributed by atoms with Gasteiger partial charge in [0.05, 0.1) is 0 Å². The Morgan fingerprint density at radius 3 is 2.38 bits per heavy atom. The molecule has 1 heterocycles. The Bertz CT molecular complexity index is 368. The van der Waals surface area contributed by atoms with Crippen molar-refractivity contribution in [1.29, 1.82) is 0 Å². The van der Waals surface area contributed by atoms with Crippen LogP contribution in [0.25, 0.3) is 0 Å². The summed E-state index contributed by atoms with van der Waals surface area (Å²) in [7, 11) is 0. The summed E-state index contributed by atoms with van der Waals surface area (Å²) in [6.07, 6.45) is 0.769.